The minimum Gasteiger partial charge on any atom is -0.383 e. The van der Waals surface area contributed by atoms with Crippen molar-refractivity contribution < 1.29 is 9.53 Å². The first-order valence-corrected chi connectivity index (χ1v) is 7.28. The third kappa shape index (κ3) is 4.35. The van der Waals surface area contributed by atoms with Crippen molar-refractivity contribution in [2.24, 2.45) is 0 Å². The van der Waals surface area contributed by atoms with E-state index in [1.807, 2.05) is 31.2 Å². The summed E-state index contributed by atoms with van der Waals surface area (Å²) in [5.41, 5.74) is 1.83. The van der Waals surface area contributed by atoms with Crippen LogP contribution >= 0.6 is 0 Å². The summed E-state index contributed by atoms with van der Waals surface area (Å²) in [7, 11) is 0. The number of ether oxygens (including phenoxy) is 1. The van der Waals surface area contributed by atoms with Gasteiger partial charge >= 0.3 is 0 Å². The second-order valence-electron chi connectivity index (χ2n) is 5.06. The zero-order chi connectivity index (χ0) is 13.5. The normalized spacial score (nSPS) is 15.6. The number of Topliss-reactive ketones (excluding diaryl/α,β-unsaturated/α-hetero) is 1. The summed E-state index contributed by atoms with van der Waals surface area (Å²) in [5.74, 6) is 0.191. The molecule has 104 valence electrons. The number of ketones is 1. The first-order chi connectivity index (χ1) is 9.29. The van der Waals surface area contributed by atoms with E-state index in [1.165, 1.54) is 25.7 Å². The van der Waals surface area contributed by atoms with Crippen molar-refractivity contribution in [2.75, 3.05) is 18.5 Å². The van der Waals surface area contributed by atoms with Gasteiger partial charge in [-0.1, -0.05) is 19.8 Å². The van der Waals surface area contributed by atoms with Crippen molar-refractivity contribution in [3.8, 4) is 0 Å². The third-order valence-corrected chi connectivity index (χ3v) is 3.61. The maximum Gasteiger partial charge on any atom is 0.162 e. The molecule has 1 aliphatic rings. The van der Waals surface area contributed by atoms with E-state index in [1.54, 1.807) is 0 Å². The van der Waals surface area contributed by atoms with Crippen LogP contribution in [0.2, 0.25) is 0 Å². The van der Waals surface area contributed by atoms with Gasteiger partial charge in [0.25, 0.3) is 0 Å². The van der Waals surface area contributed by atoms with Gasteiger partial charge in [0.15, 0.2) is 5.78 Å². The van der Waals surface area contributed by atoms with E-state index >= 15 is 0 Å². The predicted molar refractivity (Wildman–Crippen MR) is 77.8 cm³/mol. The van der Waals surface area contributed by atoms with Crippen molar-refractivity contribution in [3.63, 3.8) is 0 Å². The topological polar surface area (TPSA) is 38.3 Å². The Morgan fingerprint density at radius 1 is 1.26 bits per heavy atom. The molecule has 3 heteroatoms. The van der Waals surface area contributed by atoms with Gasteiger partial charge in [-0.25, -0.2) is 0 Å². The number of hydrogen-bond acceptors (Lipinski definition) is 3. The molecule has 19 heavy (non-hydrogen) atoms. The van der Waals surface area contributed by atoms with Crippen LogP contribution in [0, 0.1) is 0 Å². The fraction of sp³-hybridized carbons (Fsp3) is 0.562. The van der Waals surface area contributed by atoms with Gasteiger partial charge in [0, 0.05) is 24.2 Å². The number of rotatable bonds is 7. The first kappa shape index (κ1) is 14.1. The summed E-state index contributed by atoms with van der Waals surface area (Å²) in [6.45, 7) is 3.45. The van der Waals surface area contributed by atoms with Crippen LogP contribution < -0.4 is 5.32 Å². The summed E-state index contributed by atoms with van der Waals surface area (Å²) in [6, 6.07) is 7.68. The van der Waals surface area contributed by atoms with Crippen LogP contribution in [0.1, 0.15) is 49.4 Å². The summed E-state index contributed by atoms with van der Waals surface area (Å²) in [5, 5.41) is 3.32. The minimum atomic E-state index is 0.191. The van der Waals surface area contributed by atoms with Crippen LogP contribution in [0.4, 0.5) is 5.69 Å². The Hall–Kier alpha value is -1.35. The zero-order valence-corrected chi connectivity index (χ0v) is 11.7. The zero-order valence-electron chi connectivity index (χ0n) is 11.7. The van der Waals surface area contributed by atoms with Crippen LogP contribution in [0.5, 0.6) is 0 Å². The van der Waals surface area contributed by atoms with Crippen LogP contribution in [-0.2, 0) is 4.74 Å². The number of benzene rings is 1. The average molecular weight is 261 g/mol. The standard InChI is InChI=1S/C16H23NO2/c1-2-16(18)13-7-9-14(10-8-13)17-11-12-19-15-5-3-4-6-15/h7-10,15,17H,2-6,11-12H2,1H3. The molecule has 0 atom stereocenters. The molecule has 0 saturated heterocycles. The molecule has 0 aromatic heterocycles. The van der Waals surface area contributed by atoms with Gasteiger partial charge in [-0.2, -0.15) is 0 Å². The van der Waals surface area contributed by atoms with E-state index in [0.717, 1.165) is 24.4 Å². The number of anilines is 1. The number of nitrogens with one attached hydrogen (secondary N) is 1. The maximum atomic E-state index is 11.5. The highest BCUT2D eigenvalue weighted by Gasteiger charge is 2.14. The highest BCUT2D eigenvalue weighted by Crippen LogP contribution is 2.20. The van der Waals surface area contributed by atoms with Gasteiger partial charge in [-0.05, 0) is 37.1 Å². The Morgan fingerprint density at radius 2 is 1.95 bits per heavy atom. The molecule has 1 aromatic rings. The molecule has 0 aliphatic heterocycles. The Labute approximate surface area is 115 Å². The molecule has 1 aliphatic carbocycles. The van der Waals surface area contributed by atoms with E-state index in [2.05, 4.69) is 5.32 Å². The summed E-state index contributed by atoms with van der Waals surface area (Å²) in [4.78, 5) is 11.5. The van der Waals surface area contributed by atoms with Crippen molar-refractivity contribution >= 4 is 11.5 Å². The molecule has 0 bridgehead atoms. The summed E-state index contributed by atoms with van der Waals surface area (Å²) in [6.07, 6.45) is 6.09. The molecule has 0 heterocycles. The van der Waals surface area contributed by atoms with Crippen LogP contribution in [0.25, 0.3) is 0 Å². The van der Waals surface area contributed by atoms with Crippen LogP contribution in [0.3, 0.4) is 0 Å². The molecular weight excluding hydrogens is 238 g/mol. The van der Waals surface area contributed by atoms with Gasteiger partial charge in [-0.15, -0.1) is 0 Å². The minimum absolute atomic E-state index is 0.191. The monoisotopic (exact) mass is 261 g/mol. The summed E-state index contributed by atoms with van der Waals surface area (Å²) < 4.78 is 5.79. The first-order valence-electron chi connectivity index (χ1n) is 7.28. The van der Waals surface area contributed by atoms with E-state index < -0.39 is 0 Å². The fourth-order valence-corrected chi connectivity index (χ4v) is 2.45. The third-order valence-electron chi connectivity index (χ3n) is 3.61. The quantitative estimate of drug-likeness (QED) is 0.601. The van der Waals surface area contributed by atoms with E-state index in [9.17, 15) is 4.79 Å². The molecule has 0 unspecified atom stereocenters. The lowest BCUT2D eigenvalue weighted by atomic mass is 10.1. The number of hydrogen-bond donors (Lipinski definition) is 1. The second-order valence-corrected chi connectivity index (χ2v) is 5.06. The lowest BCUT2D eigenvalue weighted by Crippen LogP contribution is -2.15. The van der Waals surface area contributed by atoms with Gasteiger partial charge in [0.05, 0.1) is 12.7 Å². The molecule has 1 aromatic carbocycles. The van der Waals surface area contributed by atoms with E-state index in [4.69, 9.17) is 4.74 Å². The molecule has 1 N–H and O–H groups in total. The molecule has 3 nitrogen and oxygen atoms in total. The van der Waals surface area contributed by atoms with E-state index in [0.29, 0.717) is 12.5 Å². The summed E-state index contributed by atoms with van der Waals surface area (Å²) >= 11 is 0. The highest BCUT2D eigenvalue weighted by molar-refractivity contribution is 5.96. The highest BCUT2D eigenvalue weighted by atomic mass is 16.5. The lowest BCUT2D eigenvalue weighted by Gasteiger charge is -2.12. The van der Waals surface area contributed by atoms with Crippen molar-refractivity contribution in [1.82, 2.24) is 0 Å². The SMILES string of the molecule is CCC(=O)c1ccc(NCCOC2CCCC2)cc1. The molecule has 0 radical (unpaired) electrons. The smallest absolute Gasteiger partial charge is 0.162 e. The molecule has 0 amide bonds. The molecule has 0 spiro atoms. The van der Waals surface area contributed by atoms with Gasteiger partial charge < -0.3 is 10.1 Å². The maximum absolute atomic E-state index is 11.5. The predicted octanol–water partition coefficient (Wildman–Crippen LogP) is 3.65. The molecule has 1 fully saturated rings. The van der Waals surface area contributed by atoms with Crippen molar-refractivity contribution in [3.05, 3.63) is 29.8 Å². The average Bonchev–Trinajstić information content (AvgIpc) is 2.96. The van der Waals surface area contributed by atoms with Crippen LogP contribution in [0.15, 0.2) is 24.3 Å². The van der Waals surface area contributed by atoms with Crippen molar-refractivity contribution in [2.45, 2.75) is 45.1 Å². The number of carbonyl (C=O) groups excluding carboxylic acids is 1. The molecule has 2 rings (SSSR count). The lowest BCUT2D eigenvalue weighted by molar-refractivity contribution is 0.0659. The second kappa shape index (κ2) is 7.29. The van der Waals surface area contributed by atoms with E-state index in [-0.39, 0.29) is 5.78 Å². The van der Waals surface area contributed by atoms with Gasteiger partial charge in [0.2, 0.25) is 0 Å². The number of carbonyl (C=O) groups is 1. The largest absolute Gasteiger partial charge is 0.383 e. The van der Waals surface area contributed by atoms with Gasteiger partial charge in [0.1, 0.15) is 0 Å². The van der Waals surface area contributed by atoms with Crippen molar-refractivity contribution in [1.29, 1.82) is 0 Å². The Balaban J connectivity index is 1.69. The Morgan fingerprint density at radius 3 is 2.58 bits per heavy atom. The molecule has 1 saturated carbocycles. The van der Waals surface area contributed by atoms with Crippen LogP contribution in [-0.4, -0.2) is 25.0 Å². The fourth-order valence-electron chi connectivity index (χ4n) is 2.45. The Bertz CT molecular complexity index is 394. The molecular formula is C16H23NO2. The van der Waals surface area contributed by atoms with Gasteiger partial charge in [-0.3, -0.25) is 4.79 Å². The Kier molecular flexibility index (Phi) is 5.40.